The van der Waals surface area contributed by atoms with Crippen LogP contribution in [0, 0.1) is 0 Å². The SMILES string of the molecule is CC1(C)Cn2cnnc2-c2[nH]c3ccc(C(=O)NCc4ccccn4)cc3c21.CC1(C)Cn2cnnc2-c2[nH]c3ccc(C(=O)O)cc3c21.NCc1ccccn1. The van der Waals surface area contributed by atoms with Crippen molar-refractivity contribution in [3.05, 3.63) is 131 Å². The second kappa shape index (κ2) is 14.6. The Morgan fingerprint density at radius 3 is 1.72 bits per heavy atom. The quantitative estimate of drug-likeness (QED) is 0.138. The summed E-state index contributed by atoms with van der Waals surface area (Å²) in [6, 6.07) is 22.3. The number of nitrogens with zero attached hydrogens (tertiary/aromatic N) is 8. The van der Waals surface area contributed by atoms with Gasteiger partial charge in [0, 0.05) is 70.2 Å². The molecule has 15 heteroatoms. The Labute approximate surface area is 327 Å². The van der Waals surface area contributed by atoms with Gasteiger partial charge in [-0.25, -0.2) is 4.79 Å². The molecule has 1 amide bonds. The largest absolute Gasteiger partial charge is 0.478 e. The van der Waals surface area contributed by atoms with Crippen LogP contribution in [0.15, 0.2) is 97.8 Å². The third-order valence-corrected chi connectivity index (χ3v) is 10.4. The van der Waals surface area contributed by atoms with E-state index in [9.17, 15) is 14.7 Å². The molecule has 6 N–H and O–H groups in total. The minimum absolute atomic E-state index is 0.105. The van der Waals surface area contributed by atoms with Crippen LogP contribution in [-0.4, -0.2) is 66.4 Å². The van der Waals surface area contributed by atoms with Gasteiger partial charge in [0.25, 0.3) is 5.91 Å². The van der Waals surface area contributed by atoms with Crippen LogP contribution < -0.4 is 11.1 Å². The molecule has 2 aromatic carbocycles. The first-order valence-electron chi connectivity index (χ1n) is 18.5. The van der Waals surface area contributed by atoms with Gasteiger partial charge < -0.3 is 35.3 Å². The average Bonchev–Trinajstić information content (AvgIpc) is 4.02. The van der Waals surface area contributed by atoms with Crippen LogP contribution in [0.4, 0.5) is 0 Å². The van der Waals surface area contributed by atoms with Gasteiger partial charge in [-0.2, -0.15) is 0 Å². The summed E-state index contributed by atoms with van der Waals surface area (Å²) in [6.07, 6.45) is 6.96. The Balaban J connectivity index is 0.000000137. The molecule has 57 heavy (non-hydrogen) atoms. The van der Waals surface area contributed by atoms with Crippen molar-refractivity contribution in [2.45, 2.75) is 64.7 Å². The van der Waals surface area contributed by atoms with Gasteiger partial charge in [-0.15, -0.1) is 20.4 Å². The second-order valence-electron chi connectivity index (χ2n) is 15.4. The fourth-order valence-corrected chi connectivity index (χ4v) is 7.83. The van der Waals surface area contributed by atoms with Gasteiger partial charge in [0.1, 0.15) is 12.7 Å². The number of amides is 1. The Hall–Kier alpha value is -7.00. The first kappa shape index (κ1) is 36.9. The van der Waals surface area contributed by atoms with E-state index < -0.39 is 5.97 Å². The van der Waals surface area contributed by atoms with Crippen LogP contribution in [0.5, 0.6) is 0 Å². The maximum absolute atomic E-state index is 12.7. The van der Waals surface area contributed by atoms with Gasteiger partial charge in [0.15, 0.2) is 11.6 Å². The number of aromatic amines is 2. The number of rotatable bonds is 5. The number of carbonyl (C=O) groups excluding carboxylic acids is 1. The van der Waals surface area contributed by atoms with Gasteiger partial charge in [-0.3, -0.25) is 14.8 Å². The van der Waals surface area contributed by atoms with Crippen LogP contribution in [0.25, 0.3) is 44.8 Å². The fourth-order valence-electron chi connectivity index (χ4n) is 7.83. The molecular weight excluding hydrogens is 721 g/mol. The molecule has 8 heterocycles. The van der Waals surface area contributed by atoms with Crippen molar-refractivity contribution in [3.8, 4) is 23.0 Å². The lowest BCUT2D eigenvalue weighted by Gasteiger charge is -2.31. The molecule has 6 aromatic heterocycles. The zero-order chi connectivity index (χ0) is 39.9. The number of H-pyrrole nitrogens is 2. The van der Waals surface area contributed by atoms with Gasteiger partial charge in [-0.1, -0.05) is 39.8 Å². The van der Waals surface area contributed by atoms with E-state index in [1.165, 1.54) is 5.56 Å². The summed E-state index contributed by atoms with van der Waals surface area (Å²) in [4.78, 5) is 39.0. The third-order valence-electron chi connectivity index (χ3n) is 10.4. The zero-order valence-corrected chi connectivity index (χ0v) is 32.0. The number of aromatic nitrogens is 10. The first-order valence-corrected chi connectivity index (χ1v) is 18.5. The van der Waals surface area contributed by atoms with Crippen LogP contribution in [0.2, 0.25) is 0 Å². The van der Waals surface area contributed by atoms with E-state index in [4.69, 9.17) is 5.73 Å². The summed E-state index contributed by atoms with van der Waals surface area (Å²) >= 11 is 0. The van der Waals surface area contributed by atoms with Gasteiger partial charge in [0.2, 0.25) is 0 Å². The number of hydrogen-bond acceptors (Lipinski definition) is 9. The van der Waals surface area contributed by atoms with Crippen LogP contribution >= 0.6 is 0 Å². The van der Waals surface area contributed by atoms with Gasteiger partial charge in [0.05, 0.1) is 34.9 Å². The number of carboxylic acids is 1. The molecule has 0 spiro atoms. The number of nitrogens with one attached hydrogen (secondary N) is 3. The standard InChI is InChI=1S/C21H20N6O.C15H14N4O2.C6H8N2/c1-21(2)11-27-12-24-26-19(27)18-17(21)15-9-13(6-7-16(15)25-18)20(28)23-10-14-5-3-4-8-22-14;1-15(2)6-19-7-16-18-13(19)12-11(15)9-5-8(14(20)21)3-4-10(9)17-12;7-5-6-3-1-2-4-8-6/h3-9,12,25H,10-11H2,1-2H3,(H,23,28);3-5,7,17H,6H2,1-2H3,(H,20,21);1-4H,5,7H2. The molecule has 0 radical (unpaired) electrons. The molecular formula is C42H42N12O3. The van der Waals surface area contributed by atoms with Crippen molar-refractivity contribution in [1.82, 2.24) is 54.8 Å². The lowest BCUT2D eigenvalue weighted by molar-refractivity contribution is 0.0696. The predicted molar refractivity (Wildman–Crippen MR) is 215 cm³/mol. The molecule has 8 aromatic rings. The molecule has 0 saturated carbocycles. The van der Waals surface area contributed by atoms with Crippen molar-refractivity contribution in [1.29, 1.82) is 0 Å². The molecule has 288 valence electrons. The molecule has 2 aliphatic heterocycles. The summed E-state index contributed by atoms with van der Waals surface area (Å²) in [5.41, 5.74) is 13.9. The van der Waals surface area contributed by atoms with Crippen molar-refractivity contribution in [3.63, 3.8) is 0 Å². The smallest absolute Gasteiger partial charge is 0.335 e. The van der Waals surface area contributed by atoms with Crippen molar-refractivity contribution in [2.75, 3.05) is 0 Å². The summed E-state index contributed by atoms with van der Waals surface area (Å²) in [6.45, 7) is 11.2. The molecule has 10 rings (SSSR count). The van der Waals surface area contributed by atoms with Gasteiger partial charge in [-0.05, 0) is 71.8 Å². The highest BCUT2D eigenvalue weighted by molar-refractivity contribution is 6.01. The summed E-state index contributed by atoms with van der Waals surface area (Å²) in [5, 5.41) is 30.7. The second-order valence-corrected chi connectivity index (χ2v) is 15.4. The predicted octanol–water partition coefficient (Wildman–Crippen LogP) is 6.00. The molecule has 2 aliphatic rings. The molecule has 0 bridgehead atoms. The number of hydrogen-bond donors (Lipinski definition) is 5. The molecule has 0 aliphatic carbocycles. The first-order chi connectivity index (χ1) is 27.4. The van der Waals surface area contributed by atoms with E-state index in [-0.39, 0.29) is 16.7 Å². The Kier molecular flexibility index (Phi) is 9.45. The van der Waals surface area contributed by atoms with Crippen molar-refractivity contribution < 1.29 is 14.7 Å². The molecule has 0 saturated heterocycles. The minimum Gasteiger partial charge on any atom is -0.478 e. The van der Waals surface area contributed by atoms with E-state index in [0.717, 1.165) is 74.9 Å². The normalized spacial score (nSPS) is 14.2. The van der Waals surface area contributed by atoms with E-state index in [1.54, 1.807) is 37.2 Å². The summed E-state index contributed by atoms with van der Waals surface area (Å²) in [5.74, 6) is 0.618. The highest BCUT2D eigenvalue weighted by Crippen LogP contribution is 2.44. The zero-order valence-electron chi connectivity index (χ0n) is 32.0. The van der Waals surface area contributed by atoms with E-state index in [0.29, 0.717) is 24.2 Å². The monoisotopic (exact) mass is 762 g/mol. The minimum atomic E-state index is -0.913. The maximum atomic E-state index is 12.7. The van der Waals surface area contributed by atoms with Gasteiger partial charge >= 0.3 is 5.97 Å². The molecule has 0 atom stereocenters. The Morgan fingerprint density at radius 1 is 0.737 bits per heavy atom. The summed E-state index contributed by atoms with van der Waals surface area (Å²) < 4.78 is 4.09. The molecule has 15 nitrogen and oxygen atoms in total. The highest BCUT2D eigenvalue weighted by atomic mass is 16.4. The van der Waals surface area contributed by atoms with Crippen LogP contribution in [-0.2, 0) is 37.0 Å². The number of nitrogens with two attached hydrogens (primary N) is 1. The fraction of sp³-hybridized carbons (Fsp3) is 0.238. The number of aromatic carboxylic acids is 1. The van der Waals surface area contributed by atoms with E-state index in [2.05, 4.69) is 77.9 Å². The number of carboxylic acid groups (broad SMARTS) is 1. The maximum Gasteiger partial charge on any atom is 0.335 e. The third kappa shape index (κ3) is 7.04. The van der Waals surface area contributed by atoms with Crippen LogP contribution in [0.3, 0.4) is 0 Å². The Bertz CT molecular complexity index is 2740. The molecule has 0 fully saturated rings. The number of fused-ring (bicyclic) bond motifs is 10. The lowest BCUT2D eigenvalue weighted by atomic mass is 9.80. The average molecular weight is 763 g/mol. The summed E-state index contributed by atoms with van der Waals surface area (Å²) in [7, 11) is 0. The van der Waals surface area contributed by atoms with Crippen molar-refractivity contribution in [2.24, 2.45) is 5.73 Å². The number of benzene rings is 2. The van der Waals surface area contributed by atoms with E-state index in [1.807, 2.05) is 65.2 Å². The topological polar surface area (TPSA) is 211 Å². The Morgan fingerprint density at radius 2 is 1.25 bits per heavy atom. The highest BCUT2D eigenvalue weighted by Gasteiger charge is 2.37. The van der Waals surface area contributed by atoms with E-state index >= 15 is 0 Å². The van der Waals surface area contributed by atoms with Crippen LogP contribution in [0.1, 0.15) is 70.9 Å². The number of pyridine rings is 2. The van der Waals surface area contributed by atoms with Crippen molar-refractivity contribution >= 4 is 33.7 Å². The number of carbonyl (C=O) groups is 2. The lowest BCUT2D eigenvalue weighted by Crippen LogP contribution is -2.29. The molecule has 0 unspecified atom stereocenters.